The van der Waals surface area contributed by atoms with Gasteiger partial charge in [-0.3, -0.25) is 4.79 Å². The van der Waals surface area contributed by atoms with E-state index in [0.717, 1.165) is 35.6 Å². The van der Waals surface area contributed by atoms with E-state index in [1.165, 1.54) is 19.3 Å². The van der Waals surface area contributed by atoms with Gasteiger partial charge in [-0.1, -0.05) is 30.9 Å². The maximum Gasteiger partial charge on any atom is 0.223 e. The van der Waals surface area contributed by atoms with E-state index in [9.17, 15) is 4.79 Å². The molecule has 1 aliphatic rings. The van der Waals surface area contributed by atoms with Crippen molar-refractivity contribution in [3.05, 3.63) is 40.8 Å². The van der Waals surface area contributed by atoms with Crippen molar-refractivity contribution in [1.29, 1.82) is 0 Å². The van der Waals surface area contributed by atoms with Crippen molar-refractivity contribution in [3.8, 4) is 0 Å². The SMILES string of the molecule is CN(Cc1nc2ccc(Cl)cc2[nH]1)C(=O)CCc1nnc(C2CCCCC2)o1. The molecule has 0 bridgehead atoms. The van der Waals surface area contributed by atoms with Crippen LogP contribution in [0.4, 0.5) is 0 Å². The highest BCUT2D eigenvalue weighted by atomic mass is 35.5. The number of amides is 1. The Hall–Kier alpha value is -2.41. The van der Waals surface area contributed by atoms with Gasteiger partial charge >= 0.3 is 0 Å². The lowest BCUT2D eigenvalue weighted by atomic mass is 9.89. The van der Waals surface area contributed by atoms with Crippen LogP contribution in [0.5, 0.6) is 0 Å². The minimum Gasteiger partial charge on any atom is -0.425 e. The molecule has 28 heavy (non-hydrogen) atoms. The number of aryl methyl sites for hydroxylation is 1. The molecule has 1 amide bonds. The Kier molecular flexibility index (Phi) is 5.62. The molecule has 2 heterocycles. The lowest BCUT2D eigenvalue weighted by Crippen LogP contribution is -2.26. The third-order valence-electron chi connectivity index (χ3n) is 5.30. The summed E-state index contributed by atoms with van der Waals surface area (Å²) in [5.41, 5.74) is 1.70. The van der Waals surface area contributed by atoms with Crippen LogP contribution in [0.2, 0.25) is 5.02 Å². The summed E-state index contributed by atoms with van der Waals surface area (Å²) in [6, 6.07) is 5.49. The number of benzene rings is 1. The second-order valence-electron chi connectivity index (χ2n) is 7.46. The van der Waals surface area contributed by atoms with Crippen molar-refractivity contribution in [2.75, 3.05) is 7.05 Å². The predicted octanol–water partition coefficient (Wildman–Crippen LogP) is 4.24. The number of fused-ring (bicyclic) bond motifs is 1. The lowest BCUT2D eigenvalue weighted by Gasteiger charge is -2.17. The first-order valence-corrected chi connectivity index (χ1v) is 10.2. The number of H-pyrrole nitrogens is 1. The Morgan fingerprint density at radius 1 is 1.29 bits per heavy atom. The first kappa shape index (κ1) is 18.9. The van der Waals surface area contributed by atoms with E-state index in [2.05, 4.69) is 20.2 Å². The smallest absolute Gasteiger partial charge is 0.223 e. The minimum atomic E-state index is 0.0101. The molecule has 7 nitrogen and oxygen atoms in total. The Morgan fingerprint density at radius 2 is 2.11 bits per heavy atom. The van der Waals surface area contributed by atoms with Gasteiger partial charge in [0.15, 0.2) is 0 Å². The molecular formula is C20H24ClN5O2. The zero-order valence-corrected chi connectivity index (χ0v) is 16.7. The third-order valence-corrected chi connectivity index (χ3v) is 5.53. The van der Waals surface area contributed by atoms with Crippen molar-refractivity contribution in [2.45, 2.75) is 57.4 Å². The van der Waals surface area contributed by atoms with Crippen molar-refractivity contribution >= 4 is 28.5 Å². The predicted molar refractivity (Wildman–Crippen MR) is 106 cm³/mol. The largest absolute Gasteiger partial charge is 0.425 e. The van der Waals surface area contributed by atoms with E-state index in [4.69, 9.17) is 16.0 Å². The summed E-state index contributed by atoms with van der Waals surface area (Å²) in [4.78, 5) is 21.8. The van der Waals surface area contributed by atoms with Gasteiger partial charge in [-0.15, -0.1) is 10.2 Å². The maximum absolute atomic E-state index is 12.5. The molecule has 0 radical (unpaired) electrons. The van der Waals surface area contributed by atoms with Crippen LogP contribution in [0, 0.1) is 0 Å². The van der Waals surface area contributed by atoms with Gasteiger partial charge in [-0.25, -0.2) is 4.98 Å². The fourth-order valence-corrected chi connectivity index (χ4v) is 3.88. The van der Waals surface area contributed by atoms with E-state index in [1.54, 1.807) is 18.0 Å². The van der Waals surface area contributed by atoms with E-state index < -0.39 is 0 Å². The lowest BCUT2D eigenvalue weighted by molar-refractivity contribution is -0.130. The van der Waals surface area contributed by atoms with Gasteiger partial charge in [0.05, 0.1) is 17.6 Å². The summed E-state index contributed by atoms with van der Waals surface area (Å²) in [5.74, 6) is 2.40. The molecule has 1 N–H and O–H groups in total. The zero-order valence-electron chi connectivity index (χ0n) is 15.9. The highest BCUT2D eigenvalue weighted by Gasteiger charge is 2.21. The number of nitrogens with one attached hydrogen (secondary N) is 1. The number of hydrogen-bond donors (Lipinski definition) is 1. The van der Waals surface area contributed by atoms with E-state index >= 15 is 0 Å². The summed E-state index contributed by atoms with van der Waals surface area (Å²) in [6.07, 6.45) is 6.75. The van der Waals surface area contributed by atoms with Crippen LogP contribution >= 0.6 is 11.6 Å². The first-order valence-electron chi connectivity index (χ1n) is 9.79. The van der Waals surface area contributed by atoms with E-state index in [0.29, 0.717) is 36.2 Å². The normalized spacial score (nSPS) is 15.2. The van der Waals surface area contributed by atoms with Gasteiger partial charge in [-0.2, -0.15) is 0 Å². The van der Waals surface area contributed by atoms with Crippen molar-refractivity contribution < 1.29 is 9.21 Å². The number of aromatic amines is 1. The Bertz CT molecular complexity index is 961. The van der Waals surface area contributed by atoms with Crippen LogP contribution in [0.25, 0.3) is 11.0 Å². The van der Waals surface area contributed by atoms with E-state index in [-0.39, 0.29) is 5.91 Å². The number of carbonyl (C=O) groups excluding carboxylic acids is 1. The van der Waals surface area contributed by atoms with Gasteiger partial charge in [0, 0.05) is 30.8 Å². The average molecular weight is 402 g/mol. The summed E-state index contributed by atoms with van der Waals surface area (Å²) < 4.78 is 5.80. The van der Waals surface area contributed by atoms with Gasteiger partial charge in [0.2, 0.25) is 17.7 Å². The Morgan fingerprint density at radius 3 is 2.93 bits per heavy atom. The van der Waals surface area contributed by atoms with Gasteiger partial charge < -0.3 is 14.3 Å². The molecule has 2 aromatic heterocycles. The number of hydrogen-bond acceptors (Lipinski definition) is 5. The molecule has 1 aliphatic carbocycles. The number of nitrogens with zero attached hydrogens (tertiary/aromatic N) is 4. The summed E-state index contributed by atoms with van der Waals surface area (Å²) in [5, 5.41) is 8.97. The van der Waals surface area contributed by atoms with Crippen molar-refractivity contribution in [3.63, 3.8) is 0 Å². The fraction of sp³-hybridized carbons (Fsp3) is 0.500. The van der Waals surface area contributed by atoms with Gasteiger partial charge in [-0.05, 0) is 31.0 Å². The third kappa shape index (κ3) is 4.35. The molecule has 8 heteroatoms. The van der Waals surface area contributed by atoms with Crippen molar-refractivity contribution in [1.82, 2.24) is 25.1 Å². The standard InChI is InChI=1S/C20H24ClN5O2/c1-26(12-17-22-15-8-7-14(21)11-16(15)23-17)19(27)10-9-18-24-25-20(28-18)13-5-3-2-4-6-13/h7-8,11,13H,2-6,9-10,12H2,1H3,(H,22,23). The summed E-state index contributed by atoms with van der Waals surface area (Å²) in [7, 11) is 1.77. The topological polar surface area (TPSA) is 87.9 Å². The minimum absolute atomic E-state index is 0.0101. The van der Waals surface area contributed by atoms with Crippen LogP contribution in [0.1, 0.15) is 62.0 Å². The van der Waals surface area contributed by atoms with Crippen LogP contribution < -0.4 is 0 Å². The number of imidazole rings is 1. The Labute approximate surface area is 168 Å². The van der Waals surface area contributed by atoms with Gasteiger partial charge in [0.1, 0.15) is 5.82 Å². The fourth-order valence-electron chi connectivity index (χ4n) is 3.71. The molecule has 0 atom stereocenters. The molecule has 0 unspecified atom stereocenters. The quantitative estimate of drug-likeness (QED) is 0.667. The maximum atomic E-state index is 12.5. The molecule has 1 saturated carbocycles. The van der Waals surface area contributed by atoms with Crippen LogP contribution in [-0.2, 0) is 17.8 Å². The molecular weight excluding hydrogens is 378 g/mol. The zero-order chi connectivity index (χ0) is 19.5. The molecule has 1 fully saturated rings. The summed E-state index contributed by atoms with van der Waals surface area (Å²) >= 11 is 6.00. The second kappa shape index (κ2) is 8.31. The molecule has 0 aliphatic heterocycles. The molecule has 148 valence electrons. The highest BCUT2D eigenvalue weighted by Crippen LogP contribution is 2.31. The van der Waals surface area contributed by atoms with Crippen molar-refractivity contribution in [2.24, 2.45) is 0 Å². The van der Waals surface area contributed by atoms with Gasteiger partial charge in [0.25, 0.3) is 0 Å². The second-order valence-corrected chi connectivity index (χ2v) is 7.90. The van der Waals surface area contributed by atoms with Crippen LogP contribution in [0.15, 0.2) is 22.6 Å². The number of carbonyl (C=O) groups is 1. The van der Waals surface area contributed by atoms with Crippen LogP contribution in [-0.4, -0.2) is 38.0 Å². The summed E-state index contributed by atoms with van der Waals surface area (Å²) in [6.45, 7) is 0.405. The number of aromatic nitrogens is 4. The molecule has 3 aromatic rings. The number of halogens is 1. The average Bonchev–Trinajstić information content (AvgIpc) is 3.33. The molecule has 1 aromatic carbocycles. The Balaban J connectivity index is 1.31. The molecule has 0 saturated heterocycles. The van der Waals surface area contributed by atoms with Crippen LogP contribution in [0.3, 0.4) is 0 Å². The highest BCUT2D eigenvalue weighted by molar-refractivity contribution is 6.31. The van der Waals surface area contributed by atoms with E-state index in [1.807, 2.05) is 12.1 Å². The monoisotopic (exact) mass is 401 g/mol. The molecule has 0 spiro atoms. The number of rotatable bonds is 6. The molecule has 4 rings (SSSR count). The first-order chi connectivity index (χ1) is 13.6.